The van der Waals surface area contributed by atoms with Crippen molar-refractivity contribution in [3.8, 4) is 0 Å². The standard InChI is InChI=1S/C24H22Cl2N2O5S/c1-2-33-24(30)17-8-11-19(12-9-17)27-23(29)21(14-16-6-4-3-5-7-16)28-34(31,32)22-15-18(25)10-13-20(22)26/h3-13,15,21,28H,2,14H2,1H3,(H,27,29)/t21-/m1/s1. The number of amides is 1. The van der Waals surface area contributed by atoms with Gasteiger partial charge in [-0.15, -0.1) is 0 Å². The average molecular weight is 521 g/mol. The minimum atomic E-state index is -4.18. The van der Waals surface area contributed by atoms with Gasteiger partial charge in [0, 0.05) is 10.7 Å². The van der Waals surface area contributed by atoms with Crippen molar-refractivity contribution in [2.75, 3.05) is 11.9 Å². The summed E-state index contributed by atoms with van der Waals surface area (Å²) in [6.07, 6.45) is 0.0883. The van der Waals surface area contributed by atoms with Crippen molar-refractivity contribution >= 4 is 50.8 Å². The number of nitrogens with one attached hydrogen (secondary N) is 2. The zero-order valence-electron chi connectivity index (χ0n) is 18.1. The van der Waals surface area contributed by atoms with Crippen LogP contribution in [0.4, 0.5) is 5.69 Å². The molecule has 0 saturated carbocycles. The molecule has 0 heterocycles. The molecule has 0 radical (unpaired) electrons. The number of carbonyl (C=O) groups is 2. The second kappa shape index (κ2) is 11.5. The van der Waals surface area contributed by atoms with E-state index in [4.69, 9.17) is 27.9 Å². The highest BCUT2D eigenvalue weighted by molar-refractivity contribution is 7.89. The molecule has 0 fully saturated rings. The Kier molecular flexibility index (Phi) is 8.68. The van der Waals surface area contributed by atoms with Crippen LogP contribution in [0.5, 0.6) is 0 Å². The van der Waals surface area contributed by atoms with Gasteiger partial charge in [-0.2, -0.15) is 4.72 Å². The van der Waals surface area contributed by atoms with Crippen LogP contribution in [0.15, 0.2) is 77.7 Å². The predicted octanol–water partition coefficient (Wildman–Crippen LogP) is 4.70. The maximum absolute atomic E-state index is 13.1. The molecule has 0 spiro atoms. The Labute approximate surface area is 208 Å². The smallest absolute Gasteiger partial charge is 0.338 e. The van der Waals surface area contributed by atoms with E-state index in [-0.39, 0.29) is 28.0 Å². The Morgan fingerprint density at radius 2 is 1.65 bits per heavy atom. The van der Waals surface area contributed by atoms with Gasteiger partial charge < -0.3 is 10.1 Å². The molecule has 0 aliphatic carbocycles. The zero-order chi connectivity index (χ0) is 24.7. The van der Waals surface area contributed by atoms with Crippen molar-refractivity contribution in [3.63, 3.8) is 0 Å². The van der Waals surface area contributed by atoms with Gasteiger partial charge in [-0.25, -0.2) is 13.2 Å². The maximum Gasteiger partial charge on any atom is 0.338 e. The highest BCUT2D eigenvalue weighted by Gasteiger charge is 2.28. The fourth-order valence-electron chi connectivity index (χ4n) is 3.11. The van der Waals surface area contributed by atoms with Gasteiger partial charge in [0.25, 0.3) is 0 Å². The lowest BCUT2D eigenvalue weighted by molar-refractivity contribution is -0.117. The van der Waals surface area contributed by atoms with Crippen LogP contribution < -0.4 is 10.0 Å². The van der Waals surface area contributed by atoms with Crippen molar-refractivity contribution in [2.45, 2.75) is 24.3 Å². The third-order valence-electron chi connectivity index (χ3n) is 4.74. The molecule has 3 rings (SSSR count). The van der Waals surface area contributed by atoms with Crippen molar-refractivity contribution in [1.82, 2.24) is 4.72 Å². The highest BCUT2D eigenvalue weighted by atomic mass is 35.5. The van der Waals surface area contributed by atoms with Gasteiger partial charge in [-0.3, -0.25) is 4.79 Å². The molecule has 7 nitrogen and oxygen atoms in total. The minimum Gasteiger partial charge on any atom is -0.462 e. The van der Waals surface area contributed by atoms with Gasteiger partial charge in [-0.1, -0.05) is 53.5 Å². The van der Waals surface area contributed by atoms with Crippen LogP contribution >= 0.6 is 23.2 Å². The molecule has 1 atom stereocenters. The number of anilines is 1. The Hall–Kier alpha value is -2.91. The monoisotopic (exact) mass is 520 g/mol. The summed E-state index contributed by atoms with van der Waals surface area (Å²) in [4.78, 5) is 24.7. The number of esters is 1. The molecule has 34 heavy (non-hydrogen) atoms. The highest BCUT2D eigenvalue weighted by Crippen LogP contribution is 2.25. The quantitative estimate of drug-likeness (QED) is 0.398. The van der Waals surface area contributed by atoms with Crippen LogP contribution in [-0.4, -0.2) is 32.9 Å². The molecule has 10 heteroatoms. The van der Waals surface area contributed by atoms with E-state index < -0.39 is 27.9 Å². The van der Waals surface area contributed by atoms with E-state index in [0.29, 0.717) is 11.3 Å². The topological polar surface area (TPSA) is 102 Å². The number of rotatable bonds is 9. The molecule has 178 valence electrons. The fraction of sp³-hybridized carbons (Fsp3) is 0.167. The third kappa shape index (κ3) is 6.80. The first-order valence-electron chi connectivity index (χ1n) is 10.3. The first-order valence-corrected chi connectivity index (χ1v) is 12.5. The number of carbonyl (C=O) groups excluding carboxylic acids is 2. The summed E-state index contributed by atoms with van der Waals surface area (Å²) in [6, 6.07) is 18.0. The summed E-state index contributed by atoms with van der Waals surface area (Å²) in [6.45, 7) is 1.95. The molecule has 3 aromatic carbocycles. The normalized spacial score (nSPS) is 12.1. The van der Waals surface area contributed by atoms with E-state index >= 15 is 0 Å². The van der Waals surface area contributed by atoms with Gasteiger partial charge in [0.1, 0.15) is 10.9 Å². The number of benzene rings is 3. The van der Waals surface area contributed by atoms with Gasteiger partial charge in [0.2, 0.25) is 15.9 Å². The first-order chi connectivity index (χ1) is 16.2. The van der Waals surface area contributed by atoms with Gasteiger partial charge in [0.05, 0.1) is 17.2 Å². The predicted molar refractivity (Wildman–Crippen MR) is 132 cm³/mol. The first kappa shape index (κ1) is 25.7. The van der Waals surface area contributed by atoms with Gasteiger partial charge in [0.15, 0.2) is 0 Å². The van der Waals surface area contributed by atoms with E-state index in [2.05, 4.69) is 10.0 Å². The van der Waals surface area contributed by atoms with Crippen molar-refractivity contribution < 1.29 is 22.7 Å². The van der Waals surface area contributed by atoms with Crippen LogP contribution in [0.2, 0.25) is 10.0 Å². The second-order valence-corrected chi connectivity index (χ2v) is 9.75. The minimum absolute atomic E-state index is 0.0228. The lowest BCUT2D eigenvalue weighted by Crippen LogP contribution is -2.45. The summed E-state index contributed by atoms with van der Waals surface area (Å²) in [5.74, 6) is -1.07. The molecule has 0 saturated heterocycles. The lowest BCUT2D eigenvalue weighted by Gasteiger charge is -2.19. The molecular weight excluding hydrogens is 499 g/mol. The van der Waals surface area contributed by atoms with Gasteiger partial charge in [-0.05, 0) is 61.4 Å². The zero-order valence-corrected chi connectivity index (χ0v) is 20.5. The van der Waals surface area contributed by atoms with E-state index in [9.17, 15) is 18.0 Å². The SMILES string of the molecule is CCOC(=O)c1ccc(NC(=O)[C@@H](Cc2ccccc2)NS(=O)(=O)c2cc(Cl)ccc2Cl)cc1. The number of hydrogen-bond donors (Lipinski definition) is 2. The number of halogens is 2. The molecular formula is C24H22Cl2N2O5S. The average Bonchev–Trinajstić information content (AvgIpc) is 2.81. The van der Waals surface area contributed by atoms with Crippen LogP contribution in [0.1, 0.15) is 22.8 Å². The van der Waals surface area contributed by atoms with Crippen LogP contribution in [0.25, 0.3) is 0 Å². The van der Waals surface area contributed by atoms with E-state index in [1.807, 2.05) is 6.07 Å². The summed E-state index contributed by atoms with van der Waals surface area (Å²) >= 11 is 12.0. The number of sulfonamides is 1. The molecule has 1 amide bonds. The molecule has 0 unspecified atom stereocenters. The van der Waals surface area contributed by atoms with Gasteiger partial charge >= 0.3 is 5.97 Å². The van der Waals surface area contributed by atoms with E-state index in [0.717, 1.165) is 5.56 Å². The van der Waals surface area contributed by atoms with E-state index in [1.165, 1.54) is 42.5 Å². The molecule has 2 N–H and O–H groups in total. The second-order valence-electron chi connectivity index (χ2n) is 7.23. The number of hydrogen-bond acceptors (Lipinski definition) is 5. The Balaban J connectivity index is 1.84. The summed E-state index contributed by atoms with van der Waals surface area (Å²) in [5, 5.41) is 2.85. The Morgan fingerprint density at radius 1 is 0.971 bits per heavy atom. The fourth-order valence-corrected chi connectivity index (χ4v) is 5.06. The molecule has 0 aromatic heterocycles. The Morgan fingerprint density at radius 3 is 2.29 bits per heavy atom. The largest absolute Gasteiger partial charge is 0.462 e. The lowest BCUT2D eigenvalue weighted by atomic mass is 10.1. The molecule has 3 aromatic rings. The summed E-state index contributed by atoms with van der Waals surface area (Å²) in [7, 11) is -4.18. The molecule has 0 aliphatic heterocycles. The summed E-state index contributed by atoms with van der Waals surface area (Å²) in [5.41, 5.74) is 1.47. The van der Waals surface area contributed by atoms with E-state index in [1.54, 1.807) is 31.2 Å². The van der Waals surface area contributed by atoms with Crippen LogP contribution in [-0.2, 0) is 26.0 Å². The van der Waals surface area contributed by atoms with Crippen molar-refractivity contribution in [1.29, 1.82) is 0 Å². The molecule has 0 bridgehead atoms. The van der Waals surface area contributed by atoms with Crippen LogP contribution in [0, 0.1) is 0 Å². The van der Waals surface area contributed by atoms with Crippen molar-refractivity contribution in [2.24, 2.45) is 0 Å². The van der Waals surface area contributed by atoms with Crippen LogP contribution in [0.3, 0.4) is 0 Å². The summed E-state index contributed by atoms with van der Waals surface area (Å²) < 4.78 is 33.5. The number of ether oxygens (including phenoxy) is 1. The maximum atomic E-state index is 13.1. The third-order valence-corrected chi connectivity index (χ3v) is 6.93. The molecule has 0 aliphatic rings. The Bertz CT molecular complexity index is 1270. The van der Waals surface area contributed by atoms with Crippen molar-refractivity contribution in [3.05, 3.63) is 94.0 Å².